The Morgan fingerprint density at radius 3 is 1.66 bits per heavy atom. The standard InChI is InChI=1S/C28H36N2S8/c1-16(2)4-6-18(31)8-9-19(32)7-5-17(3)26(29-24(33)14-22-20(27(29)35)10-12-37-22)30-25(34)15-23-21(28(30)36)11-13-38-23/h14-17,20-21,26H,4-13H2,1-3H3. The van der Waals surface area contributed by atoms with Crippen molar-refractivity contribution in [2.45, 2.75) is 78.3 Å². The topological polar surface area (TPSA) is 6.48 Å². The predicted octanol–water partition coefficient (Wildman–Crippen LogP) is 8.90. The maximum absolute atomic E-state index is 6.14. The fourth-order valence-electron chi connectivity index (χ4n) is 5.45. The Morgan fingerprint density at radius 1 is 0.763 bits per heavy atom. The van der Waals surface area contributed by atoms with Crippen molar-refractivity contribution >= 4 is 127 Å². The zero-order chi connectivity index (χ0) is 27.6. The van der Waals surface area contributed by atoms with Crippen molar-refractivity contribution in [3.63, 3.8) is 0 Å². The number of hydrogen-bond acceptors (Lipinski definition) is 8. The van der Waals surface area contributed by atoms with Gasteiger partial charge in [0.2, 0.25) is 0 Å². The Morgan fingerprint density at radius 2 is 1.21 bits per heavy atom. The van der Waals surface area contributed by atoms with Crippen LogP contribution in [0.15, 0.2) is 22.0 Å². The van der Waals surface area contributed by atoms with Crippen LogP contribution in [0.1, 0.15) is 72.1 Å². The van der Waals surface area contributed by atoms with Crippen LogP contribution in [0, 0.1) is 23.7 Å². The minimum Gasteiger partial charge on any atom is -0.304 e. The summed E-state index contributed by atoms with van der Waals surface area (Å²) in [6.45, 7) is 6.77. The van der Waals surface area contributed by atoms with Crippen LogP contribution in [0.5, 0.6) is 0 Å². The first-order valence-corrected chi connectivity index (χ1v) is 18.0. The number of fused-ring (bicyclic) bond motifs is 2. The summed E-state index contributed by atoms with van der Waals surface area (Å²) >= 11 is 39.5. The van der Waals surface area contributed by atoms with Gasteiger partial charge in [-0.3, -0.25) is 0 Å². The lowest BCUT2D eigenvalue weighted by atomic mass is 9.92. The summed E-state index contributed by atoms with van der Waals surface area (Å²) in [6.07, 6.45) is 12.1. The van der Waals surface area contributed by atoms with Crippen molar-refractivity contribution in [1.82, 2.24) is 9.80 Å². The molecule has 4 rings (SSSR count). The molecule has 0 aliphatic carbocycles. The molecule has 0 aromatic carbocycles. The summed E-state index contributed by atoms with van der Waals surface area (Å²) in [4.78, 5) is 12.7. The SMILES string of the molecule is CC(C)CCC(=S)CCC(=S)CCC(C)C(N1C(=S)C=C2SCCC2C1=S)N1C(=S)C=C2SCCC2C1=S. The summed E-state index contributed by atoms with van der Waals surface area (Å²) < 4.78 is 0. The lowest BCUT2D eigenvalue weighted by Crippen LogP contribution is -2.61. The molecule has 3 atom stereocenters. The van der Waals surface area contributed by atoms with Gasteiger partial charge in [0, 0.05) is 11.8 Å². The van der Waals surface area contributed by atoms with Gasteiger partial charge in [0.05, 0.1) is 9.98 Å². The molecule has 0 aromatic rings. The average Bonchev–Trinajstić information content (AvgIpc) is 3.53. The third kappa shape index (κ3) is 7.20. The van der Waals surface area contributed by atoms with Crippen molar-refractivity contribution in [2.24, 2.45) is 23.7 Å². The summed E-state index contributed by atoms with van der Waals surface area (Å²) in [5, 5.41) is 0. The van der Waals surface area contributed by atoms with Gasteiger partial charge < -0.3 is 9.80 Å². The molecule has 10 heteroatoms. The second-order valence-electron chi connectivity index (χ2n) is 11.0. The van der Waals surface area contributed by atoms with E-state index in [2.05, 4.69) is 42.7 Å². The first-order chi connectivity index (χ1) is 18.1. The predicted molar refractivity (Wildman–Crippen MR) is 192 cm³/mol. The Hall–Kier alpha value is 0.320. The molecule has 206 valence electrons. The molecule has 2 fully saturated rings. The molecule has 4 aliphatic heterocycles. The maximum atomic E-state index is 6.14. The van der Waals surface area contributed by atoms with Crippen LogP contribution in [0.3, 0.4) is 0 Å². The first kappa shape index (κ1) is 31.3. The fourth-order valence-corrected chi connectivity index (χ4v) is 10.3. The second kappa shape index (κ2) is 14.0. The van der Waals surface area contributed by atoms with E-state index >= 15 is 0 Å². The smallest absolute Gasteiger partial charge is 0.116 e. The van der Waals surface area contributed by atoms with E-state index < -0.39 is 0 Å². The molecule has 4 aliphatic rings. The van der Waals surface area contributed by atoms with Crippen molar-refractivity contribution in [1.29, 1.82) is 0 Å². The third-order valence-corrected chi connectivity index (χ3v) is 12.5. The summed E-state index contributed by atoms with van der Waals surface area (Å²) in [6, 6.07) is 0. The first-order valence-electron chi connectivity index (χ1n) is 13.5. The molecular weight excluding hydrogens is 621 g/mol. The molecule has 0 spiro atoms. The molecule has 0 radical (unpaired) electrons. The molecule has 0 bridgehead atoms. The number of thioether (sulfide) groups is 2. The van der Waals surface area contributed by atoms with Crippen molar-refractivity contribution in [2.75, 3.05) is 11.5 Å². The molecule has 0 N–H and O–H groups in total. The number of hydrogen-bond donors (Lipinski definition) is 0. The Balaban J connectivity index is 1.51. The minimum absolute atomic E-state index is 0.128. The van der Waals surface area contributed by atoms with Crippen LogP contribution in [0.4, 0.5) is 0 Å². The van der Waals surface area contributed by atoms with Gasteiger partial charge in [0.15, 0.2) is 0 Å². The van der Waals surface area contributed by atoms with Crippen molar-refractivity contribution in [3.05, 3.63) is 22.0 Å². The summed E-state index contributed by atoms with van der Waals surface area (Å²) in [7, 11) is 0. The van der Waals surface area contributed by atoms with Crippen LogP contribution in [-0.4, -0.2) is 57.2 Å². The van der Waals surface area contributed by atoms with E-state index in [9.17, 15) is 0 Å². The van der Waals surface area contributed by atoms with E-state index in [-0.39, 0.29) is 23.9 Å². The molecule has 0 saturated carbocycles. The Kier molecular flexibility index (Phi) is 11.5. The van der Waals surface area contributed by atoms with Gasteiger partial charge in [0.1, 0.15) is 16.1 Å². The van der Waals surface area contributed by atoms with Crippen molar-refractivity contribution < 1.29 is 0 Å². The van der Waals surface area contributed by atoms with Gasteiger partial charge >= 0.3 is 0 Å². The molecule has 3 unspecified atom stereocenters. The number of rotatable bonds is 12. The van der Waals surface area contributed by atoms with Crippen LogP contribution in [-0.2, 0) is 0 Å². The van der Waals surface area contributed by atoms with Gasteiger partial charge in [-0.15, -0.1) is 23.5 Å². The zero-order valence-electron chi connectivity index (χ0n) is 22.3. The average molecular weight is 657 g/mol. The Bertz CT molecular complexity index is 1030. The summed E-state index contributed by atoms with van der Waals surface area (Å²) in [5.41, 5.74) is 0. The van der Waals surface area contributed by atoms with Crippen LogP contribution >= 0.6 is 96.8 Å². The van der Waals surface area contributed by atoms with Gasteiger partial charge in [-0.1, -0.05) is 94.1 Å². The molecule has 0 aromatic heterocycles. The number of thiocarbonyl (C=S) groups is 6. The molecular formula is C28H36N2S8. The second-order valence-corrected chi connectivity index (χ2v) is 16.2. The van der Waals surface area contributed by atoms with E-state index in [1.54, 1.807) is 0 Å². The normalized spacial score (nSPS) is 24.8. The quantitative estimate of drug-likeness (QED) is 0.187. The highest BCUT2D eigenvalue weighted by Crippen LogP contribution is 2.45. The van der Waals surface area contributed by atoms with E-state index in [1.807, 2.05) is 23.5 Å². The fraction of sp³-hybridized carbons (Fsp3) is 0.643. The van der Waals surface area contributed by atoms with Crippen molar-refractivity contribution in [3.8, 4) is 0 Å². The van der Waals surface area contributed by atoms with E-state index in [1.165, 1.54) is 9.81 Å². The number of nitrogens with zero attached hydrogens (tertiary/aromatic N) is 2. The van der Waals surface area contributed by atoms with Gasteiger partial charge in [-0.2, -0.15) is 0 Å². The van der Waals surface area contributed by atoms with Crippen LogP contribution in [0.25, 0.3) is 0 Å². The van der Waals surface area contributed by atoms with E-state index in [4.69, 9.17) is 73.3 Å². The molecule has 4 heterocycles. The van der Waals surface area contributed by atoms with Gasteiger partial charge in [-0.25, -0.2) is 0 Å². The largest absolute Gasteiger partial charge is 0.304 e. The monoisotopic (exact) mass is 656 g/mol. The van der Waals surface area contributed by atoms with Crippen LogP contribution < -0.4 is 0 Å². The lowest BCUT2D eigenvalue weighted by Gasteiger charge is -2.48. The van der Waals surface area contributed by atoms with Crippen LogP contribution in [0.2, 0.25) is 0 Å². The van der Waals surface area contributed by atoms with E-state index in [0.717, 1.165) is 92.6 Å². The molecule has 38 heavy (non-hydrogen) atoms. The third-order valence-electron chi connectivity index (χ3n) is 7.71. The van der Waals surface area contributed by atoms with Gasteiger partial charge in [-0.05, 0) is 106 Å². The molecule has 0 amide bonds. The maximum Gasteiger partial charge on any atom is 0.116 e. The highest BCUT2D eigenvalue weighted by molar-refractivity contribution is 8.03. The molecule has 2 nitrogen and oxygen atoms in total. The highest BCUT2D eigenvalue weighted by Gasteiger charge is 2.45. The van der Waals surface area contributed by atoms with E-state index in [0.29, 0.717) is 5.92 Å². The minimum atomic E-state index is -0.128. The Labute approximate surface area is 269 Å². The zero-order valence-corrected chi connectivity index (χ0v) is 28.8. The van der Waals surface area contributed by atoms with Gasteiger partial charge in [0.25, 0.3) is 0 Å². The summed E-state index contributed by atoms with van der Waals surface area (Å²) in [5.74, 6) is 3.60. The highest BCUT2D eigenvalue weighted by atomic mass is 32.2. The lowest BCUT2D eigenvalue weighted by molar-refractivity contribution is 0.202. The molecule has 2 saturated heterocycles.